The Hall–Kier alpha value is -0.680. The average Bonchev–Trinajstić information content (AvgIpc) is 2.52. The van der Waals surface area contributed by atoms with Gasteiger partial charge in [0.2, 0.25) is 0 Å². The Bertz CT molecular complexity index is 280. The maximum atomic E-state index is 5.39. The van der Waals surface area contributed by atoms with Crippen LogP contribution < -0.4 is 10.5 Å². The van der Waals surface area contributed by atoms with Gasteiger partial charge in [0.1, 0.15) is 0 Å². The lowest BCUT2D eigenvalue weighted by Crippen LogP contribution is -2.13. The Balaban J connectivity index is 2.51. The summed E-state index contributed by atoms with van der Waals surface area (Å²) in [6.45, 7) is 7.51. The minimum absolute atomic E-state index is 0.00796. The van der Waals surface area contributed by atoms with Crippen LogP contribution in [0.2, 0.25) is 0 Å². The molecule has 0 fully saturated rings. The van der Waals surface area contributed by atoms with Crippen molar-refractivity contribution in [3.8, 4) is 5.19 Å². The van der Waals surface area contributed by atoms with Crippen LogP contribution >= 0.6 is 11.5 Å². The number of rotatable bonds is 4. The molecule has 1 heterocycles. The first kappa shape index (κ1) is 11.4. The van der Waals surface area contributed by atoms with Gasteiger partial charge in [0.15, 0.2) is 5.82 Å². The van der Waals surface area contributed by atoms with Crippen LogP contribution in [0.5, 0.6) is 5.19 Å². The first-order valence-electron chi connectivity index (χ1n) is 4.71. The molecule has 0 amide bonds. The first-order chi connectivity index (χ1) is 6.54. The highest BCUT2D eigenvalue weighted by Gasteiger charge is 2.19. The summed E-state index contributed by atoms with van der Waals surface area (Å²) in [5.41, 5.74) is 5.35. The van der Waals surface area contributed by atoms with Gasteiger partial charge in [0, 0.05) is 16.9 Å². The van der Waals surface area contributed by atoms with Crippen LogP contribution in [0.1, 0.15) is 33.0 Å². The molecule has 1 aromatic heterocycles. The van der Waals surface area contributed by atoms with Crippen LogP contribution in [0.4, 0.5) is 0 Å². The third kappa shape index (κ3) is 3.23. The normalized spacial score (nSPS) is 11.7. The second-order valence-electron chi connectivity index (χ2n) is 4.12. The molecule has 1 rings (SSSR count). The Morgan fingerprint density at radius 2 is 2.14 bits per heavy atom. The largest absolute Gasteiger partial charge is 0.469 e. The fraction of sp³-hybridized carbons (Fsp3) is 0.778. The summed E-state index contributed by atoms with van der Waals surface area (Å²) >= 11 is 1.30. The fourth-order valence-corrected chi connectivity index (χ4v) is 1.56. The molecule has 0 aliphatic heterocycles. The molecule has 0 saturated heterocycles. The molecule has 0 unspecified atom stereocenters. The third-order valence-electron chi connectivity index (χ3n) is 1.65. The van der Waals surface area contributed by atoms with Crippen molar-refractivity contribution in [1.82, 2.24) is 9.36 Å². The molecule has 5 heteroatoms. The second kappa shape index (κ2) is 4.70. The van der Waals surface area contributed by atoms with Crippen molar-refractivity contribution in [1.29, 1.82) is 0 Å². The zero-order valence-electron chi connectivity index (χ0n) is 8.91. The highest BCUT2D eigenvalue weighted by atomic mass is 32.1. The van der Waals surface area contributed by atoms with Gasteiger partial charge in [-0.3, -0.25) is 0 Å². The van der Waals surface area contributed by atoms with Gasteiger partial charge >= 0.3 is 0 Å². The monoisotopic (exact) mass is 215 g/mol. The van der Waals surface area contributed by atoms with Crippen molar-refractivity contribution >= 4 is 11.5 Å². The van der Waals surface area contributed by atoms with Crippen LogP contribution in [0, 0.1) is 0 Å². The summed E-state index contributed by atoms with van der Waals surface area (Å²) < 4.78 is 9.63. The lowest BCUT2D eigenvalue weighted by Gasteiger charge is -2.11. The summed E-state index contributed by atoms with van der Waals surface area (Å²) in [5.74, 6) is 0.838. The molecule has 0 saturated carbocycles. The van der Waals surface area contributed by atoms with Gasteiger partial charge in [-0.2, -0.15) is 9.36 Å². The molecule has 2 N–H and O–H groups in total. The molecule has 0 bridgehead atoms. The van der Waals surface area contributed by atoms with E-state index in [-0.39, 0.29) is 5.41 Å². The predicted molar refractivity (Wildman–Crippen MR) is 57.8 cm³/mol. The Kier molecular flexibility index (Phi) is 3.83. The number of ether oxygens (including phenoxy) is 1. The van der Waals surface area contributed by atoms with E-state index >= 15 is 0 Å². The number of nitrogens with zero attached hydrogens (tertiary/aromatic N) is 2. The quantitative estimate of drug-likeness (QED) is 0.774. The van der Waals surface area contributed by atoms with Crippen molar-refractivity contribution in [2.24, 2.45) is 5.73 Å². The van der Waals surface area contributed by atoms with Gasteiger partial charge < -0.3 is 10.5 Å². The van der Waals surface area contributed by atoms with Crippen molar-refractivity contribution in [3.63, 3.8) is 0 Å². The number of hydrogen-bond donors (Lipinski definition) is 1. The van der Waals surface area contributed by atoms with Crippen molar-refractivity contribution in [2.45, 2.75) is 32.6 Å². The van der Waals surface area contributed by atoms with Gasteiger partial charge in [-0.15, -0.1) is 0 Å². The van der Waals surface area contributed by atoms with E-state index < -0.39 is 0 Å². The van der Waals surface area contributed by atoms with Crippen LogP contribution in [0.15, 0.2) is 0 Å². The summed E-state index contributed by atoms with van der Waals surface area (Å²) in [6, 6.07) is 0. The molecule has 0 atom stereocenters. The highest BCUT2D eigenvalue weighted by molar-refractivity contribution is 7.07. The fourth-order valence-electron chi connectivity index (χ4n) is 0.816. The highest BCUT2D eigenvalue weighted by Crippen LogP contribution is 2.24. The lowest BCUT2D eigenvalue weighted by molar-refractivity contribution is 0.310. The summed E-state index contributed by atoms with van der Waals surface area (Å²) in [6.07, 6.45) is 0.852. The molecule has 80 valence electrons. The molecule has 14 heavy (non-hydrogen) atoms. The molecule has 0 aliphatic rings. The Morgan fingerprint density at radius 1 is 1.43 bits per heavy atom. The second-order valence-corrected chi connectivity index (χ2v) is 4.84. The van der Waals surface area contributed by atoms with E-state index in [1.807, 2.05) is 0 Å². The smallest absolute Gasteiger partial charge is 0.293 e. The molecule has 4 nitrogen and oxygen atoms in total. The summed E-state index contributed by atoms with van der Waals surface area (Å²) in [7, 11) is 0. The van der Waals surface area contributed by atoms with Crippen molar-refractivity contribution in [2.75, 3.05) is 13.2 Å². The molecular weight excluding hydrogens is 198 g/mol. The topological polar surface area (TPSA) is 61.0 Å². The van der Waals surface area contributed by atoms with Gasteiger partial charge in [-0.1, -0.05) is 20.8 Å². The molecule has 0 aliphatic carbocycles. The van der Waals surface area contributed by atoms with E-state index in [9.17, 15) is 0 Å². The van der Waals surface area contributed by atoms with Crippen LogP contribution in [-0.4, -0.2) is 22.5 Å². The first-order valence-corrected chi connectivity index (χ1v) is 5.48. The zero-order chi connectivity index (χ0) is 10.6. The van der Waals surface area contributed by atoms with E-state index in [1.165, 1.54) is 11.5 Å². The maximum Gasteiger partial charge on any atom is 0.293 e. The molecule has 1 aromatic rings. The standard InChI is InChI=1S/C9H17N3OS/c1-9(2,3)7-11-8(14-12-7)13-6-4-5-10/h4-6,10H2,1-3H3. The van der Waals surface area contributed by atoms with E-state index in [0.29, 0.717) is 18.3 Å². The zero-order valence-corrected chi connectivity index (χ0v) is 9.73. The van der Waals surface area contributed by atoms with E-state index in [4.69, 9.17) is 10.5 Å². The SMILES string of the molecule is CC(C)(C)c1nsc(OCCCN)n1. The molecule has 0 aromatic carbocycles. The predicted octanol–water partition coefficient (Wildman–Crippen LogP) is 1.56. The number of hydrogen-bond acceptors (Lipinski definition) is 5. The van der Waals surface area contributed by atoms with E-state index in [0.717, 1.165) is 12.2 Å². The molecule has 0 radical (unpaired) electrons. The van der Waals surface area contributed by atoms with Crippen molar-refractivity contribution in [3.05, 3.63) is 5.82 Å². The third-order valence-corrected chi connectivity index (χ3v) is 2.28. The van der Waals surface area contributed by atoms with E-state index in [2.05, 4.69) is 30.1 Å². The van der Waals surface area contributed by atoms with Gasteiger partial charge in [0.05, 0.1) is 6.61 Å². The minimum Gasteiger partial charge on any atom is -0.469 e. The van der Waals surface area contributed by atoms with Crippen LogP contribution in [0.25, 0.3) is 0 Å². The minimum atomic E-state index is -0.00796. The van der Waals surface area contributed by atoms with Gasteiger partial charge in [0.25, 0.3) is 5.19 Å². The molecule has 0 spiro atoms. The van der Waals surface area contributed by atoms with Crippen LogP contribution in [-0.2, 0) is 5.41 Å². The summed E-state index contributed by atoms with van der Waals surface area (Å²) in [4.78, 5) is 4.30. The van der Waals surface area contributed by atoms with Crippen molar-refractivity contribution < 1.29 is 4.74 Å². The summed E-state index contributed by atoms with van der Waals surface area (Å²) in [5, 5.41) is 0.642. The lowest BCUT2D eigenvalue weighted by atomic mass is 9.96. The van der Waals surface area contributed by atoms with E-state index in [1.54, 1.807) is 0 Å². The number of aromatic nitrogens is 2. The van der Waals surface area contributed by atoms with Gasteiger partial charge in [-0.25, -0.2) is 0 Å². The Morgan fingerprint density at radius 3 is 2.64 bits per heavy atom. The average molecular weight is 215 g/mol. The number of nitrogens with two attached hydrogens (primary N) is 1. The Labute approximate surface area is 88.7 Å². The molecular formula is C9H17N3OS. The maximum absolute atomic E-state index is 5.39. The van der Waals surface area contributed by atoms with Crippen LogP contribution in [0.3, 0.4) is 0 Å². The van der Waals surface area contributed by atoms with Gasteiger partial charge in [-0.05, 0) is 13.0 Å².